The summed E-state index contributed by atoms with van der Waals surface area (Å²) in [5.74, 6) is 0. The molecule has 0 amide bonds. The highest BCUT2D eigenvalue weighted by Crippen LogP contribution is 2.24. The zero-order chi connectivity index (χ0) is 18.4. The quantitative estimate of drug-likeness (QED) is 0.560. The van der Waals surface area contributed by atoms with E-state index >= 15 is 0 Å². The Balaban J connectivity index is 2.18. The first kappa shape index (κ1) is 16.1. The predicted molar refractivity (Wildman–Crippen MR) is 104 cm³/mol. The van der Waals surface area contributed by atoms with Crippen molar-refractivity contribution in [2.24, 2.45) is 7.05 Å². The molecule has 0 unspecified atom stereocenters. The normalized spacial score (nSPS) is 11.2. The second kappa shape index (κ2) is 5.88. The SMILES string of the molecule is Cc1c2c(=O)n(C)n(-c3ccccc3)c(=O)c2c(C)n1-c1ccccc1. The molecule has 0 N–H and O–H groups in total. The van der Waals surface area contributed by atoms with Crippen molar-refractivity contribution in [2.75, 3.05) is 0 Å². The molecule has 4 aromatic rings. The Kier molecular flexibility index (Phi) is 3.65. The zero-order valence-electron chi connectivity index (χ0n) is 14.9. The second-order valence-electron chi connectivity index (χ2n) is 6.37. The maximum Gasteiger partial charge on any atom is 0.279 e. The molecule has 5 nitrogen and oxygen atoms in total. The van der Waals surface area contributed by atoms with Crippen LogP contribution in [0.25, 0.3) is 22.1 Å². The molecule has 0 spiro atoms. The van der Waals surface area contributed by atoms with E-state index in [-0.39, 0.29) is 11.1 Å². The van der Waals surface area contributed by atoms with Crippen LogP contribution in [0.4, 0.5) is 0 Å². The first-order chi connectivity index (χ1) is 12.5. The molecule has 0 atom stereocenters. The molecular formula is C21H19N3O2. The first-order valence-electron chi connectivity index (χ1n) is 8.47. The van der Waals surface area contributed by atoms with E-state index in [4.69, 9.17) is 0 Å². The molecule has 0 aliphatic carbocycles. The van der Waals surface area contributed by atoms with Crippen molar-refractivity contribution in [1.82, 2.24) is 13.9 Å². The fourth-order valence-corrected chi connectivity index (χ4v) is 3.68. The Morgan fingerprint density at radius 1 is 0.654 bits per heavy atom. The molecule has 0 fully saturated rings. The molecule has 0 aliphatic heterocycles. The molecule has 0 saturated heterocycles. The van der Waals surface area contributed by atoms with Crippen molar-refractivity contribution in [2.45, 2.75) is 13.8 Å². The molecule has 2 aromatic carbocycles. The fraction of sp³-hybridized carbons (Fsp3) is 0.143. The molecule has 2 aromatic heterocycles. The molecule has 0 bridgehead atoms. The maximum atomic E-state index is 13.3. The topological polar surface area (TPSA) is 48.9 Å². The van der Waals surface area contributed by atoms with Gasteiger partial charge < -0.3 is 4.57 Å². The second-order valence-corrected chi connectivity index (χ2v) is 6.37. The van der Waals surface area contributed by atoms with Crippen molar-refractivity contribution in [3.8, 4) is 11.4 Å². The van der Waals surface area contributed by atoms with E-state index in [0.29, 0.717) is 16.5 Å². The molecule has 5 heteroatoms. The summed E-state index contributed by atoms with van der Waals surface area (Å²) >= 11 is 0. The highest BCUT2D eigenvalue weighted by atomic mass is 16.2. The average Bonchev–Trinajstić information content (AvgIpc) is 2.92. The lowest BCUT2D eigenvalue weighted by Crippen LogP contribution is -2.35. The fourth-order valence-electron chi connectivity index (χ4n) is 3.68. The van der Waals surface area contributed by atoms with Gasteiger partial charge in [0.15, 0.2) is 0 Å². The predicted octanol–water partition coefficient (Wildman–Crippen LogP) is 3.10. The minimum Gasteiger partial charge on any atom is -0.317 e. The van der Waals surface area contributed by atoms with E-state index in [1.54, 1.807) is 7.05 Å². The third-order valence-electron chi connectivity index (χ3n) is 4.87. The number of para-hydroxylation sites is 2. The number of hydrogen-bond acceptors (Lipinski definition) is 2. The summed E-state index contributed by atoms with van der Waals surface area (Å²) in [6, 6.07) is 19.0. The van der Waals surface area contributed by atoms with Gasteiger partial charge in [-0.3, -0.25) is 9.59 Å². The molecule has 26 heavy (non-hydrogen) atoms. The van der Waals surface area contributed by atoms with E-state index in [1.807, 2.05) is 79.1 Å². The third-order valence-corrected chi connectivity index (χ3v) is 4.87. The monoisotopic (exact) mass is 345 g/mol. The van der Waals surface area contributed by atoms with Crippen molar-refractivity contribution in [1.29, 1.82) is 0 Å². The highest BCUT2D eigenvalue weighted by molar-refractivity contribution is 5.88. The van der Waals surface area contributed by atoms with Gasteiger partial charge in [0.2, 0.25) is 0 Å². The van der Waals surface area contributed by atoms with Crippen LogP contribution >= 0.6 is 0 Å². The summed E-state index contributed by atoms with van der Waals surface area (Å²) < 4.78 is 4.80. The third kappa shape index (κ3) is 2.17. The summed E-state index contributed by atoms with van der Waals surface area (Å²) in [4.78, 5) is 26.4. The van der Waals surface area contributed by atoms with Crippen LogP contribution in [0.1, 0.15) is 11.4 Å². The van der Waals surface area contributed by atoms with Gasteiger partial charge in [-0.05, 0) is 38.1 Å². The van der Waals surface area contributed by atoms with Crippen LogP contribution in [0.15, 0.2) is 70.3 Å². The molecule has 130 valence electrons. The van der Waals surface area contributed by atoms with Gasteiger partial charge in [-0.25, -0.2) is 9.36 Å². The average molecular weight is 345 g/mol. The van der Waals surface area contributed by atoms with E-state index < -0.39 is 0 Å². The Hall–Kier alpha value is -3.34. The largest absolute Gasteiger partial charge is 0.317 e. The molecule has 0 radical (unpaired) electrons. The lowest BCUT2D eigenvalue weighted by Gasteiger charge is -2.12. The minimum absolute atomic E-state index is 0.182. The lowest BCUT2D eigenvalue weighted by atomic mass is 10.2. The zero-order valence-corrected chi connectivity index (χ0v) is 14.9. The molecule has 0 saturated carbocycles. The summed E-state index contributed by atoms with van der Waals surface area (Å²) in [5, 5.41) is 0.948. The van der Waals surface area contributed by atoms with Gasteiger partial charge in [-0.2, -0.15) is 0 Å². The van der Waals surface area contributed by atoms with Crippen molar-refractivity contribution in [3.05, 3.63) is 92.8 Å². The highest BCUT2D eigenvalue weighted by Gasteiger charge is 2.21. The van der Waals surface area contributed by atoms with Gasteiger partial charge in [0, 0.05) is 24.1 Å². The Bertz CT molecular complexity index is 1230. The standard InChI is InChI=1S/C21H19N3O2/c1-14-18-19(15(2)23(14)16-10-6-4-7-11-16)21(26)24(22(3)20(18)25)17-12-8-5-9-13-17/h4-13H,1-3H3. The van der Waals surface area contributed by atoms with Crippen molar-refractivity contribution in [3.63, 3.8) is 0 Å². The first-order valence-corrected chi connectivity index (χ1v) is 8.47. The summed E-state index contributed by atoms with van der Waals surface area (Å²) in [6.07, 6.45) is 0. The molecular weight excluding hydrogens is 326 g/mol. The van der Waals surface area contributed by atoms with Crippen LogP contribution in [0, 0.1) is 13.8 Å². The van der Waals surface area contributed by atoms with Gasteiger partial charge in [0.25, 0.3) is 11.1 Å². The smallest absolute Gasteiger partial charge is 0.279 e. The lowest BCUT2D eigenvalue weighted by molar-refractivity contribution is 0.604. The summed E-state index contributed by atoms with van der Waals surface area (Å²) in [6.45, 7) is 3.77. The number of aryl methyl sites for hydroxylation is 2. The van der Waals surface area contributed by atoms with Crippen molar-refractivity contribution < 1.29 is 0 Å². The van der Waals surface area contributed by atoms with E-state index in [0.717, 1.165) is 17.1 Å². The Labute approximate surface area is 150 Å². The van der Waals surface area contributed by atoms with E-state index in [2.05, 4.69) is 0 Å². The van der Waals surface area contributed by atoms with Gasteiger partial charge >= 0.3 is 0 Å². The van der Waals surface area contributed by atoms with Crippen LogP contribution in [-0.2, 0) is 7.05 Å². The number of hydrogen-bond donors (Lipinski definition) is 0. The minimum atomic E-state index is -0.191. The van der Waals surface area contributed by atoms with Crippen LogP contribution in [0.2, 0.25) is 0 Å². The molecule has 4 rings (SSSR count). The van der Waals surface area contributed by atoms with Crippen LogP contribution < -0.4 is 11.1 Å². The number of rotatable bonds is 2. The number of fused-ring (bicyclic) bond motifs is 1. The Morgan fingerprint density at radius 3 is 1.65 bits per heavy atom. The van der Waals surface area contributed by atoms with E-state index in [1.165, 1.54) is 9.36 Å². The molecule has 2 heterocycles. The maximum absolute atomic E-state index is 13.3. The van der Waals surface area contributed by atoms with E-state index in [9.17, 15) is 9.59 Å². The number of aromatic nitrogens is 3. The van der Waals surface area contributed by atoms with Crippen LogP contribution in [0.3, 0.4) is 0 Å². The summed E-state index contributed by atoms with van der Waals surface area (Å²) in [7, 11) is 1.63. The Morgan fingerprint density at radius 2 is 1.12 bits per heavy atom. The van der Waals surface area contributed by atoms with Gasteiger partial charge in [-0.15, -0.1) is 0 Å². The van der Waals surface area contributed by atoms with Crippen molar-refractivity contribution >= 4 is 10.8 Å². The van der Waals surface area contributed by atoms with Crippen LogP contribution in [-0.4, -0.2) is 13.9 Å². The number of benzene rings is 2. The van der Waals surface area contributed by atoms with Gasteiger partial charge in [0.1, 0.15) is 0 Å². The van der Waals surface area contributed by atoms with Crippen LogP contribution in [0.5, 0.6) is 0 Å². The summed E-state index contributed by atoms with van der Waals surface area (Å²) in [5.41, 5.74) is 2.79. The molecule has 0 aliphatic rings. The van der Waals surface area contributed by atoms with Gasteiger partial charge in [0.05, 0.1) is 16.5 Å². The number of nitrogens with zero attached hydrogens (tertiary/aromatic N) is 3. The van der Waals surface area contributed by atoms with Gasteiger partial charge in [-0.1, -0.05) is 36.4 Å².